The molecule has 0 aromatic carbocycles. The van der Waals surface area contributed by atoms with E-state index in [1.807, 2.05) is 37.7 Å². The molecule has 0 aliphatic carbocycles. The highest BCUT2D eigenvalue weighted by Crippen LogP contribution is 2.20. The molecule has 128 valence electrons. The van der Waals surface area contributed by atoms with Crippen LogP contribution in [0.5, 0.6) is 0 Å². The first-order chi connectivity index (χ1) is 10.9. The highest BCUT2D eigenvalue weighted by molar-refractivity contribution is 5.86. The van der Waals surface area contributed by atoms with Crippen molar-refractivity contribution in [1.82, 2.24) is 20.0 Å². The molecule has 2 heterocycles. The number of ether oxygens (including phenoxy) is 1. The van der Waals surface area contributed by atoms with Crippen LogP contribution in [0.3, 0.4) is 0 Å². The zero-order chi connectivity index (χ0) is 16.9. The minimum absolute atomic E-state index is 0.103. The van der Waals surface area contributed by atoms with Crippen LogP contribution < -0.4 is 5.32 Å². The van der Waals surface area contributed by atoms with Gasteiger partial charge in [-0.15, -0.1) is 0 Å². The number of carbonyl (C=O) groups excluding carboxylic acids is 2. The zero-order valence-electron chi connectivity index (χ0n) is 14.1. The van der Waals surface area contributed by atoms with Gasteiger partial charge in [-0.05, 0) is 46.1 Å². The summed E-state index contributed by atoms with van der Waals surface area (Å²) in [5.74, 6) is -0.103. The van der Waals surface area contributed by atoms with Gasteiger partial charge < -0.3 is 10.1 Å². The second-order valence-corrected chi connectivity index (χ2v) is 6.75. The fourth-order valence-corrected chi connectivity index (χ4v) is 2.58. The molecule has 1 aliphatic heterocycles. The summed E-state index contributed by atoms with van der Waals surface area (Å²) < 4.78 is 7.20. The molecule has 1 aromatic rings. The van der Waals surface area contributed by atoms with Crippen LogP contribution in [0.15, 0.2) is 18.5 Å². The Morgan fingerprint density at radius 2 is 2.17 bits per heavy atom. The average molecular weight is 322 g/mol. The maximum Gasteiger partial charge on any atom is 0.410 e. The third kappa shape index (κ3) is 5.26. The maximum atomic E-state index is 12.3. The lowest BCUT2D eigenvalue weighted by molar-refractivity contribution is -0.125. The van der Waals surface area contributed by atoms with Gasteiger partial charge in [0.15, 0.2) is 0 Å². The van der Waals surface area contributed by atoms with Crippen LogP contribution in [-0.2, 0) is 16.1 Å². The van der Waals surface area contributed by atoms with Gasteiger partial charge in [-0.2, -0.15) is 5.10 Å². The van der Waals surface area contributed by atoms with E-state index in [1.165, 1.54) is 4.90 Å². The molecule has 1 atom stereocenters. The summed E-state index contributed by atoms with van der Waals surface area (Å²) in [7, 11) is 0. The Bertz CT molecular complexity index is 522. The summed E-state index contributed by atoms with van der Waals surface area (Å²) in [4.78, 5) is 26.0. The molecule has 0 saturated carbocycles. The zero-order valence-corrected chi connectivity index (χ0v) is 14.1. The molecule has 7 heteroatoms. The lowest BCUT2D eigenvalue weighted by Crippen LogP contribution is -2.47. The molecule has 23 heavy (non-hydrogen) atoms. The second-order valence-electron chi connectivity index (χ2n) is 6.75. The monoisotopic (exact) mass is 322 g/mol. The number of aryl methyl sites for hydroxylation is 1. The Morgan fingerprint density at radius 3 is 2.83 bits per heavy atom. The number of likely N-dealkylation sites (tertiary alicyclic amines) is 1. The maximum absolute atomic E-state index is 12.3. The number of nitrogens with zero attached hydrogens (tertiary/aromatic N) is 3. The van der Waals surface area contributed by atoms with Crippen LogP contribution in [0, 0.1) is 0 Å². The Balaban J connectivity index is 1.77. The number of carbonyl (C=O) groups is 2. The van der Waals surface area contributed by atoms with Gasteiger partial charge in [0.1, 0.15) is 11.6 Å². The largest absolute Gasteiger partial charge is 0.444 e. The van der Waals surface area contributed by atoms with Crippen molar-refractivity contribution >= 4 is 12.0 Å². The van der Waals surface area contributed by atoms with Crippen LogP contribution in [-0.4, -0.2) is 51.4 Å². The molecule has 1 aliphatic rings. The van der Waals surface area contributed by atoms with Crippen LogP contribution in [0.2, 0.25) is 0 Å². The molecule has 2 amide bonds. The topological polar surface area (TPSA) is 76.5 Å². The van der Waals surface area contributed by atoms with Crippen molar-refractivity contribution in [3.63, 3.8) is 0 Å². The summed E-state index contributed by atoms with van der Waals surface area (Å²) in [5.41, 5.74) is -0.551. The first-order valence-corrected chi connectivity index (χ1v) is 8.11. The first kappa shape index (κ1) is 17.3. The van der Waals surface area contributed by atoms with E-state index in [1.54, 1.807) is 6.20 Å². The van der Waals surface area contributed by atoms with Gasteiger partial charge in [-0.1, -0.05) is 0 Å². The third-order valence-corrected chi connectivity index (χ3v) is 3.61. The number of rotatable bonds is 5. The van der Waals surface area contributed by atoms with Crippen LogP contribution >= 0.6 is 0 Å². The molecule has 7 nitrogen and oxygen atoms in total. The molecule has 1 N–H and O–H groups in total. The Hall–Kier alpha value is -2.05. The number of aromatic nitrogens is 2. The molecule has 0 spiro atoms. The van der Waals surface area contributed by atoms with Crippen molar-refractivity contribution in [3.8, 4) is 0 Å². The smallest absolute Gasteiger partial charge is 0.410 e. The Labute approximate surface area is 137 Å². The van der Waals surface area contributed by atoms with Crippen molar-refractivity contribution in [2.45, 2.75) is 58.2 Å². The molecule has 0 radical (unpaired) electrons. The Kier molecular flexibility index (Phi) is 5.63. The van der Waals surface area contributed by atoms with E-state index in [0.29, 0.717) is 19.5 Å². The van der Waals surface area contributed by atoms with Gasteiger partial charge in [0.2, 0.25) is 5.91 Å². The van der Waals surface area contributed by atoms with Crippen LogP contribution in [0.25, 0.3) is 0 Å². The van der Waals surface area contributed by atoms with Gasteiger partial charge in [-0.25, -0.2) is 4.79 Å². The molecular formula is C16H26N4O3. The number of hydrogen-bond acceptors (Lipinski definition) is 4. The molecular weight excluding hydrogens is 296 g/mol. The molecule has 1 fully saturated rings. The molecule has 2 rings (SSSR count). The fourth-order valence-electron chi connectivity index (χ4n) is 2.58. The first-order valence-electron chi connectivity index (χ1n) is 8.11. The van der Waals surface area contributed by atoms with Crippen molar-refractivity contribution in [2.24, 2.45) is 0 Å². The van der Waals surface area contributed by atoms with Crippen molar-refractivity contribution in [2.75, 3.05) is 13.1 Å². The lowest BCUT2D eigenvalue weighted by atomic mass is 10.2. The van der Waals surface area contributed by atoms with Crippen molar-refractivity contribution in [3.05, 3.63) is 18.5 Å². The summed E-state index contributed by atoms with van der Waals surface area (Å²) in [6.45, 7) is 7.37. The molecule has 1 aromatic heterocycles. The predicted molar refractivity (Wildman–Crippen MR) is 85.8 cm³/mol. The van der Waals surface area contributed by atoms with Crippen molar-refractivity contribution < 1.29 is 14.3 Å². The van der Waals surface area contributed by atoms with E-state index in [-0.39, 0.29) is 5.91 Å². The van der Waals surface area contributed by atoms with Gasteiger partial charge >= 0.3 is 6.09 Å². The average Bonchev–Trinajstić information content (AvgIpc) is 3.12. The summed E-state index contributed by atoms with van der Waals surface area (Å²) in [6, 6.07) is 1.45. The van der Waals surface area contributed by atoms with Gasteiger partial charge in [-0.3, -0.25) is 14.4 Å². The lowest BCUT2D eigenvalue weighted by Gasteiger charge is -2.28. The highest BCUT2D eigenvalue weighted by Gasteiger charge is 2.36. The second kappa shape index (κ2) is 7.48. The predicted octanol–water partition coefficient (Wildman–Crippen LogP) is 1.79. The molecule has 1 unspecified atom stereocenters. The number of amides is 2. The molecule has 1 saturated heterocycles. The highest BCUT2D eigenvalue weighted by atomic mass is 16.6. The fraction of sp³-hybridized carbons (Fsp3) is 0.688. The summed E-state index contributed by atoms with van der Waals surface area (Å²) in [5, 5.41) is 7.02. The SMILES string of the molecule is CC(C)(C)OC(=O)N1CCCC1C(=O)NCCCn1cccn1. The van der Waals surface area contributed by atoms with Gasteiger partial charge in [0.25, 0.3) is 0 Å². The van der Waals surface area contributed by atoms with E-state index in [4.69, 9.17) is 4.74 Å². The van der Waals surface area contributed by atoms with E-state index >= 15 is 0 Å². The third-order valence-electron chi connectivity index (χ3n) is 3.61. The standard InChI is InChI=1S/C16H26N4O3/c1-16(2,3)23-15(22)20-12-4-7-13(20)14(21)17-8-5-10-19-11-6-9-18-19/h6,9,11,13H,4-5,7-8,10,12H2,1-3H3,(H,17,21). The van der Waals surface area contributed by atoms with Gasteiger partial charge in [0.05, 0.1) is 0 Å². The van der Waals surface area contributed by atoms with Crippen LogP contribution in [0.4, 0.5) is 4.79 Å². The normalized spacial score (nSPS) is 18.0. The summed E-state index contributed by atoms with van der Waals surface area (Å²) in [6.07, 6.45) is 5.52. The molecule has 0 bridgehead atoms. The van der Waals surface area contributed by atoms with E-state index in [2.05, 4.69) is 10.4 Å². The number of hydrogen-bond donors (Lipinski definition) is 1. The van der Waals surface area contributed by atoms with Gasteiger partial charge in [0, 0.05) is 32.0 Å². The van der Waals surface area contributed by atoms with Crippen molar-refractivity contribution in [1.29, 1.82) is 0 Å². The Morgan fingerprint density at radius 1 is 1.39 bits per heavy atom. The number of nitrogens with one attached hydrogen (secondary N) is 1. The van der Waals surface area contributed by atoms with E-state index in [0.717, 1.165) is 19.4 Å². The van der Waals surface area contributed by atoms with Crippen LogP contribution in [0.1, 0.15) is 40.0 Å². The summed E-state index contributed by atoms with van der Waals surface area (Å²) >= 11 is 0. The minimum Gasteiger partial charge on any atom is -0.444 e. The minimum atomic E-state index is -0.551. The quantitative estimate of drug-likeness (QED) is 0.839. The van der Waals surface area contributed by atoms with E-state index < -0.39 is 17.7 Å². The van der Waals surface area contributed by atoms with E-state index in [9.17, 15) is 9.59 Å².